The number of methoxy groups -OCH3 is 1. The molecule has 3 fully saturated rings. The number of nitro groups is 1. The van der Waals surface area contributed by atoms with Crippen LogP contribution in [0.3, 0.4) is 0 Å². The van der Waals surface area contributed by atoms with Gasteiger partial charge in [0.25, 0.3) is 5.91 Å². The second kappa shape index (κ2) is 11.4. The average Bonchev–Trinajstić information content (AvgIpc) is 3.21. The van der Waals surface area contributed by atoms with Gasteiger partial charge in [-0.15, -0.1) is 0 Å². The third-order valence-electron chi connectivity index (χ3n) is 11.0. The zero-order valence-corrected chi connectivity index (χ0v) is 25.2. The van der Waals surface area contributed by atoms with Gasteiger partial charge < -0.3 is 25.1 Å². The zero-order valence-electron chi connectivity index (χ0n) is 25.2. The number of aliphatic hydroxyl groups is 1. The number of fused-ring (bicyclic) bond motifs is 5. The molecule has 7 atom stereocenters. The van der Waals surface area contributed by atoms with Crippen LogP contribution < -0.4 is 5.32 Å². The second-order valence-electron chi connectivity index (χ2n) is 13.2. The van der Waals surface area contributed by atoms with E-state index in [1.807, 2.05) is 13.0 Å². The molecule has 0 bridgehead atoms. The number of ether oxygens (including phenoxy) is 1. The van der Waals surface area contributed by atoms with Crippen molar-refractivity contribution in [2.75, 3.05) is 13.7 Å². The zero-order chi connectivity index (χ0) is 31.2. The van der Waals surface area contributed by atoms with Gasteiger partial charge >= 0.3 is 11.7 Å². The standard InChI is InChI=1S/C32H41N3O8/c1-30-12-9-21(17-20(30)6-7-22-23(30)10-13-31(2)24(22)11-14-32(31,3)39)34-43-18-28(37)33-25(29(38)42-4)15-19-5-8-27(36)26(16-19)35(40)41/h5,8-9,12,16-17,22-25,36,39H,6-7,10-11,13-15,18H2,1-4H3,(H,33,37)/b34-21+/t22-,23+,24+,25+,30+,31+,32+/m1/s1. The monoisotopic (exact) mass is 595 g/mol. The third-order valence-corrected chi connectivity index (χ3v) is 11.0. The first-order chi connectivity index (χ1) is 20.3. The van der Waals surface area contributed by atoms with Crippen LogP contribution in [0.4, 0.5) is 5.69 Å². The number of nitrogens with zero attached hydrogens (tertiary/aromatic N) is 2. The van der Waals surface area contributed by atoms with Crippen LogP contribution in [0.5, 0.6) is 5.75 Å². The molecular weight excluding hydrogens is 554 g/mol. The lowest BCUT2D eigenvalue weighted by molar-refractivity contribution is -0.385. The molecule has 0 spiro atoms. The molecule has 1 aromatic rings. The van der Waals surface area contributed by atoms with Gasteiger partial charge in [0.2, 0.25) is 0 Å². The summed E-state index contributed by atoms with van der Waals surface area (Å²) in [6.45, 7) is 6.18. The molecule has 0 aliphatic heterocycles. The van der Waals surface area contributed by atoms with E-state index in [9.17, 15) is 29.9 Å². The van der Waals surface area contributed by atoms with Crippen molar-refractivity contribution in [3.8, 4) is 5.75 Å². The molecule has 5 rings (SSSR count). The highest BCUT2D eigenvalue weighted by Crippen LogP contribution is 2.66. The normalized spacial score (nSPS) is 34.3. The smallest absolute Gasteiger partial charge is 0.328 e. The summed E-state index contributed by atoms with van der Waals surface area (Å²) in [5.41, 5.74) is 1.08. The first kappa shape index (κ1) is 30.7. The lowest BCUT2D eigenvalue weighted by atomic mass is 9.47. The number of esters is 1. The Labute approximate surface area is 251 Å². The summed E-state index contributed by atoms with van der Waals surface area (Å²) < 4.78 is 4.79. The van der Waals surface area contributed by atoms with E-state index in [-0.39, 0.29) is 17.3 Å². The molecule has 4 aliphatic rings. The number of benzene rings is 1. The van der Waals surface area contributed by atoms with Gasteiger partial charge in [0, 0.05) is 17.9 Å². The van der Waals surface area contributed by atoms with Crippen molar-refractivity contribution in [3.63, 3.8) is 0 Å². The largest absolute Gasteiger partial charge is 0.502 e. The van der Waals surface area contributed by atoms with Crippen molar-refractivity contribution in [2.24, 2.45) is 33.7 Å². The molecule has 1 aromatic carbocycles. The van der Waals surface area contributed by atoms with Crippen molar-refractivity contribution in [1.29, 1.82) is 0 Å². The highest BCUT2D eigenvalue weighted by atomic mass is 16.6. The Morgan fingerprint density at radius 1 is 1.19 bits per heavy atom. The molecule has 0 radical (unpaired) electrons. The van der Waals surface area contributed by atoms with Crippen LogP contribution >= 0.6 is 0 Å². The third kappa shape index (κ3) is 5.55. The van der Waals surface area contributed by atoms with E-state index in [1.165, 1.54) is 18.7 Å². The number of nitro benzene ring substituents is 1. The number of allylic oxidation sites excluding steroid dienone is 4. The number of aromatic hydroxyl groups is 1. The highest BCUT2D eigenvalue weighted by Gasteiger charge is 2.62. The number of oxime groups is 1. The molecule has 3 N–H and O–H groups in total. The fourth-order valence-electron chi connectivity index (χ4n) is 8.32. The molecule has 3 saturated carbocycles. The first-order valence-electron chi connectivity index (χ1n) is 14.9. The number of phenols is 1. The molecule has 0 unspecified atom stereocenters. The van der Waals surface area contributed by atoms with Crippen LogP contribution in [-0.2, 0) is 25.6 Å². The molecule has 4 aliphatic carbocycles. The summed E-state index contributed by atoms with van der Waals surface area (Å²) in [7, 11) is 1.18. The maximum Gasteiger partial charge on any atom is 0.328 e. The summed E-state index contributed by atoms with van der Waals surface area (Å²) in [5, 5.41) is 38.7. The number of hydrogen-bond acceptors (Lipinski definition) is 9. The molecular formula is C32H41N3O8. The Hall–Kier alpha value is -3.73. The minimum atomic E-state index is -1.12. The molecule has 1 amide bonds. The Morgan fingerprint density at radius 3 is 2.65 bits per heavy atom. The Bertz CT molecular complexity index is 1400. The lowest BCUT2D eigenvalue weighted by Gasteiger charge is -2.58. The maximum absolute atomic E-state index is 12.6. The van der Waals surface area contributed by atoms with E-state index in [0.717, 1.165) is 50.7 Å². The average molecular weight is 596 g/mol. The van der Waals surface area contributed by atoms with Gasteiger partial charge in [-0.05, 0) is 92.4 Å². The molecule has 0 saturated heterocycles. The van der Waals surface area contributed by atoms with E-state index in [4.69, 9.17) is 9.57 Å². The lowest BCUT2D eigenvalue weighted by Crippen LogP contribution is -2.53. The van der Waals surface area contributed by atoms with Gasteiger partial charge in [0.05, 0.1) is 17.6 Å². The van der Waals surface area contributed by atoms with Gasteiger partial charge in [-0.2, -0.15) is 0 Å². The van der Waals surface area contributed by atoms with Crippen LogP contribution in [0, 0.1) is 38.7 Å². The van der Waals surface area contributed by atoms with E-state index in [2.05, 4.69) is 36.5 Å². The predicted molar refractivity (Wildman–Crippen MR) is 158 cm³/mol. The van der Waals surface area contributed by atoms with Crippen LogP contribution in [-0.4, -0.2) is 58.1 Å². The topological polar surface area (TPSA) is 161 Å². The Morgan fingerprint density at radius 2 is 1.93 bits per heavy atom. The number of amides is 1. The van der Waals surface area contributed by atoms with Crippen LogP contribution in [0.1, 0.15) is 64.9 Å². The van der Waals surface area contributed by atoms with Crippen molar-refractivity contribution in [2.45, 2.75) is 77.4 Å². The quantitative estimate of drug-likeness (QED) is 0.227. The highest BCUT2D eigenvalue weighted by molar-refractivity contribution is 6.05. The first-order valence-corrected chi connectivity index (χ1v) is 14.9. The van der Waals surface area contributed by atoms with Gasteiger partial charge in [-0.1, -0.05) is 36.7 Å². The SMILES string of the molecule is COC(=O)[C@H](Cc1ccc(O)c([N+](=O)[O-])c1)NC(=O)CO/N=C1\C=C[C@@]2(C)C(=C1)CC[C@@H]1[C@@H]2CC[C@@]2(C)[C@H]1CC[C@]2(C)O. The van der Waals surface area contributed by atoms with Crippen LogP contribution in [0.25, 0.3) is 0 Å². The molecule has 11 nitrogen and oxygen atoms in total. The number of hydrogen-bond donors (Lipinski definition) is 3. The van der Waals surface area contributed by atoms with E-state index in [0.29, 0.717) is 29.0 Å². The summed E-state index contributed by atoms with van der Waals surface area (Å²) >= 11 is 0. The second-order valence-corrected chi connectivity index (χ2v) is 13.2. The van der Waals surface area contributed by atoms with Gasteiger partial charge in [-0.25, -0.2) is 4.79 Å². The minimum absolute atomic E-state index is 0.0277. The maximum atomic E-state index is 12.6. The molecule has 232 valence electrons. The number of carbonyl (C=O) groups is 2. The van der Waals surface area contributed by atoms with Crippen molar-refractivity contribution >= 4 is 23.3 Å². The van der Waals surface area contributed by atoms with Crippen molar-refractivity contribution in [3.05, 3.63) is 57.7 Å². The molecule has 0 heterocycles. The van der Waals surface area contributed by atoms with Crippen molar-refractivity contribution < 1.29 is 34.3 Å². The van der Waals surface area contributed by atoms with Crippen molar-refractivity contribution in [1.82, 2.24) is 5.32 Å². The summed E-state index contributed by atoms with van der Waals surface area (Å²) in [6.07, 6.45) is 12.2. The van der Waals surface area contributed by atoms with E-state index < -0.39 is 46.5 Å². The van der Waals surface area contributed by atoms with Gasteiger partial charge in [-0.3, -0.25) is 14.9 Å². The molecule has 43 heavy (non-hydrogen) atoms. The fraction of sp³-hybridized carbons (Fsp3) is 0.594. The van der Waals surface area contributed by atoms with Crippen LogP contribution in [0.2, 0.25) is 0 Å². The Kier molecular flexibility index (Phi) is 8.15. The minimum Gasteiger partial charge on any atom is -0.502 e. The summed E-state index contributed by atoms with van der Waals surface area (Å²) in [6, 6.07) is 2.62. The summed E-state index contributed by atoms with van der Waals surface area (Å²) in [5.74, 6) is -0.214. The van der Waals surface area contributed by atoms with Gasteiger partial charge in [0.15, 0.2) is 12.4 Å². The number of phenolic OH excluding ortho intramolecular Hbond substituents is 1. The Balaban J connectivity index is 1.20. The predicted octanol–water partition coefficient (Wildman–Crippen LogP) is 4.36. The summed E-state index contributed by atoms with van der Waals surface area (Å²) in [4.78, 5) is 40.7. The van der Waals surface area contributed by atoms with Gasteiger partial charge in [0.1, 0.15) is 11.8 Å². The molecule has 0 aromatic heterocycles. The van der Waals surface area contributed by atoms with E-state index >= 15 is 0 Å². The van der Waals surface area contributed by atoms with E-state index in [1.54, 1.807) is 0 Å². The van der Waals surface area contributed by atoms with Crippen LogP contribution in [0.15, 0.2) is 47.2 Å². The number of carbonyl (C=O) groups excluding carboxylic acids is 2. The molecule has 11 heteroatoms. The number of nitrogens with one attached hydrogen (secondary N) is 1. The fourth-order valence-corrected chi connectivity index (χ4v) is 8.32. The number of rotatable bonds is 8.